The third-order valence-electron chi connectivity index (χ3n) is 1.98. The number of carbonyl (C=O) groups is 1. The predicted molar refractivity (Wildman–Crippen MR) is 55.8 cm³/mol. The zero-order valence-electron chi connectivity index (χ0n) is 8.47. The Morgan fingerprint density at radius 3 is 2.88 bits per heavy atom. The van der Waals surface area contributed by atoms with Crippen LogP contribution in [0.4, 0.5) is 5.69 Å². The average molecular weight is 219 g/mol. The van der Waals surface area contributed by atoms with Gasteiger partial charge in [0.05, 0.1) is 5.56 Å². The van der Waals surface area contributed by atoms with Crippen molar-refractivity contribution in [2.24, 2.45) is 0 Å². The van der Waals surface area contributed by atoms with Gasteiger partial charge in [0.15, 0.2) is 0 Å². The van der Waals surface area contributed by atoms with Crippen LogP contribution >= 0.6 is 0 Å². The first kappa shape index (κ1) is 10.2. The lowest BCUT2D eigenvalue weighted by Gasteiger charge is -2.03. The van der Waals surface area contributed by atoms with Gasteiger partial charge in [0.25, 0.3) is 5.89 Å². The zero-order valence-corrected chi connectivity index (χ0v) is 8.47. The van der Waals surface area contributed by atoms with E-state index in [-0.39, 0.29) is 11.6 Å². The van der Waals surface area contributed by atoms with E-state index in [2.05, 4.69) is 15.5 Å². The maximum Gasteiger partial charge on any atom is 0.251 e. The summed E-state index contributed by atoms with van der Waals surface area (Å²) < 4.78 is 5.19. The number of carbonyl (C=O) groups excluding carboxylic acids is 1. The Morgan fingerprint density at radius 1 is 1.44 bits per heavy atom. The van der Waals surface area contributed by atoms with E-state index >= 15 is 0 Å². The lowest BCUT2D eigenvalue weighted by molar-refractivity contribution is -0.105. The van der Waals surface area contributed by atoms with Gasteiger partial charge in [-0.1, -0.05) is 0 Å². The van der Waals surface area contributed by atoms with Crippen LogP contribution < -0.4 is 5.32 Å². The van der Waals surface area contributed by atoms with Crippen LogP contribution in [0.5, 0.6) is 5.75 Å². The number of rotatable bonds is 3. The third-order valence-corrected chi connectivity index (χ3v) is 1.98. The van der Waals surface area contributed by atoms with Gasteiger partial charge in [-0.15, -0.1) is 10.2 Å². The minimum Gasteiger partial charge on any atom is -0.507 e. The highest BCUT2D eigenvalue weighted by Crippen LogP contribution is 2.30. The minimum atomic E-state index is 0.0140. The number of anilines is 1. The van der Waals surface area contributed by atoms with E-state index in [9.17, 15) is 9.90 Å². The molecule has 0 aliphatic heterocycles. The van der Waals surface area contributed by atoms with E-state index in [1.165, 1.54) is 6.07 Å². The monoisotopic (exact) mass is 219 g/mol. The first-order valence-corrected chi connectivity index (χ1v) is 4.54. The lowest BCUT2D eigenvalue weighted by Crippen LogP contribution is -1.93. The molecule has 2 aromatic rings. The summed E-state index contributed by atoms with van der Waals surface area (Å²) in [5.74, 6) is 0.632. The highest BCUT2D eigenvalue weighted by atomic mass is 16.4. The summed E-state index contributed by atoms with van der Waals surface area (Å²) in [6.45, 7) is 1.65. The number of aromatic hydroxyl groups is 1. The lowest BCUT2D eigenvalue weighted by atomic mass is 10.2. The van der Waals surface area contributed by atoms with Gasteiger partial charge in [-0.05, 0) is 18.2 Å². The molecule has 6 nitrogen and oxygen atoms in total. The molecule has 1 aromatic carbocycles. The molecule has 0 radical (unpaired) electrons. The van der Waals surface area contributed by atoms with Gasteiger partial charge in [-0.2, -0.15) is 0 Å². The van der Waals surface area contributed by atoms with Crippen molar-refractivity contribution < 1.29 is 14.3 Å². The quantitative estimate of drug-likeness (QED) is 0.600. The summed E-state index contributed by atoms with van der Waals surface area (Å²) in [5.41, 5.74) is 0.922. The molecule has 0 bridgehead atoms. The normalized spacial score (nSPS) is 10.1. The molecule has 1 amide bonds. The molecule has 0 saturated heterocycles. The Balaban J connectivity index is 2.46. The van der Waals surface area contributed by atoms with Crippen LogP contribution in [0.1, 0.15) is 5.89 Å². The maximum atomic E-state index is 10.3. The number of nitrogens with one attached hydrogen (secondary N) is 1. The topological polar surface area (TPSA) is 88.2 Å². The van der Waals surface area contributed by atoms with Crippen molar-refractivity contribution in [2.75, 3.05) is 5.32 Å². The van der Waals surface area contributed by atoms with Gasteiger partial charge < -0.3 is 14.8 Å². The number of phenols is 1. The van der Waals surface area contributed by atoms with E-state index in [0.29, 0.717) is 23.6 Å². The van der Waals surface area contributed by atoms with E-state index in [1.807, 2.05) is 0 Å². The number of nitrogens with zero attached hydrogens (tertiary/aromatic N) is 2. The minimum absolute atomic E-state index is 0.0140. The smallest absolute Gasteiger partial charge is 0.251 e. The van der Waals surface area contributed by atoms with Crippen LogP contribution in [0.3, 0.4) is 0 Å². The molecular formula is C10H9N3O3. The third kappa shape index (κ3) is 1.85. The number of phenolic OH excluding ortho intramolecular Hbond substituents is 1. The number of aryl methyl sites for hydroxylation is 1. The van der Waals surface area contributed by atoms with Gasteiger partial charge in [-0.3, -0.25) is 4.79 Å². The van der Waals surface area contributed by atoms with E-state index < -0.39 is 0 Å². The van der Waals surface area contributed by atoms with Crippen molar-refractivity contribution in [2.45, 2.75) is 6.92 Å². The Hall–Kier alpha value is -2.37. The standard InChI is InChI=1S/C10H9N3O3/c1-6-12-13-10(16-6)8-4-7(11-5-14)2-3-9(8)15/h2-5,15H,1H3,(H,11,14). The molecule has 16 heavy (non-hydrogen) atoms. The molecule has 82 valence electrons. The predicted octanol–water partition coefficient (Wildman–Crippen LogP) is 1.32. The van der Waals surface area contributed by atoms with Gasteiger partial charge in [-0.25, -0.2) is 0 Å². The Morgan fingerprint density at radius 2 is 2.25 bits per heavy atom. The summed E-state index contributed by atoms with van der Waals surface area (Å²) in [4.78, 5) is 10.3. The molecule has 0 aliphatic rings. The molecular weight excluding hydrogens is 210 g/mol. The fourth-order valence-electron chi connectivity index (χ4n) is 1.27. The van der Waals surface area contributed by atoms with Crippen molar-refractivity contribution in [3.63, 3.8) is 0 Å². The molecule has 2 rings (SSSR count). The number of hydrogen-bond donors (Lipinski definition) is 2. The van der Waals surface area contributed by atoms with Crippen molar-refractivity contribution >= 4 is 12.1 Å². The first-order valence-electron chi connectivity index (χ1n) is 4.54. The summed E-state index contributed by atoms with van der Waals surface area (Å²) in [5, 5.41) is 19.5. The van der Waals surface area contributed by atoms with Crippen LogP contribution in [-0.4, -0.2) is 21.7 Å². The average Bonchev–Trinajstić information content (AvgIpc) is 2.68. The molecule has 2 N–H and O–H groups in total. The molecule has 0 aliphatic carbocycles. The summed E-state index contributed by atoms with van der Waals surface area (Å²) in [7, 11) is 0. The summed E-state index contributed by atoms with van der Waals surface area (Å²) in [6.07, 6.45) is 0.551. The molecule has 0 fully saturated rings. The second kappa shape index (κ2) is 4.01. The van der Waals surface area contributed by atoms with Crippen LogP contribution in [0, 0.1) is 6.92 Å². The fraction of sp³-hybridized carbons (Fsp3) is 0.100. The van der Waals surface area contributed by atoms with E-state index in [0.717, 1.165) is 0 Å². The zero-order chi connectivity index (χ0) is 11.5. The number of aromatic nitrogens is 2. The maximum absolute atomic E-state index is 10.3. The second-order valence-corrected chi connectivity index (χ2v) is 3.12. The van der Waals surface area contributed by atoms with Crippen molar-refractivity contribution in [1.29, 1.82) is 0 Å². The summed E-state index contributed by atoms with van der Waals surface area (Å²) in [6, 6.07) is 4.56. The van der Waals surface area contributed by atoms with Crippen LogP contribution in [0.25, 0.3) is 11.5 Å². The highest BCUT2D eigenvalue weighted by Gasteiger charge is 2.11. The van der Waals surface area contributed by atoms with Crippen LogP contribution in [-0.2, 0) is 4.79 Å². The van der Waals surface area contributed by atoms with Crippen molar-refractivity contribution in [3.8, 4) is 17.2 Å². The van der Waals surface area contributed by atoms with Crippen LogP contribution in [0.2, 0.25) is 0 Å². The Labute approximate surface area is 90.9 Å². The number of benzene rings is 1. The molecule has 1 heterocycles. The van der Waals surface area contributed by atoms with E-state index in [1.54, 1.807) is 19.1 Å². The fourth-order valence-corrected chi connectivity index (χ4v) is 1.27. The number of amides is 1. The molecule has 0 atom stereocenters. The molecule has 0 unspecified atom stereocenters. The largest absolute Gasteiger partial charge is 0.507 e. The number of hydrogen-bond acceptors (Lipinski definition) is 5. The SMILES string of the molecule is Cc1nnc(-c2cc(NC=O)ccc2O)o1. The molecule has 0 spiro atoms. The van der Waals surface area contributed by atoms with Crippen molar-refractivity contribution in [3.05, 3.63) is 24.1 Å². The van der Waals surface area contributed by atoms with Gasteiger partial charge in [0.2, 0.25) is 12.3 Å². The van der Waals surface area contributed by atoms with Gasteiger partial charge in [0, 0.05) is 12.6 Å². The van der Waals surface area contributed by atoms with E-state index in [4.69, 9.17) is 4.42 Å². The highest BCUT2D eigenvalue weighted by molar-refractivity contribution is 5.76. The Bertz CT molecular complexity index is 522. The van der Waals surface area contributed by atoms with Crippen LogP contribution in [0.15, 0.2) is 22.6 Å². The molecule has 1 aromatic heterocycles. The first-order chi connectivity index (χ1) is 7.70. The summed E-state index contributed by atoms with van der Waals surface area (Å²) >= 11 is 0. The molecule has 6 heteroatoms. The van der Waals surface area contributed by atoms with Gasteiger partial charge in [0.1, 0.15) is 5.75 Å². The van der Waals surface area contributed by atoms with Gasteiger partial charge >= 0.3 is 0 Å². The molecule has 0 saturated carbocycles. The van der Waals surface area contributed by atoms with Crippen molar-refractivity contribution in [1.82, 2.24) is 10.2 Å². The Kier molecular flexibility index (Phi) is 2.55. The second-order valence-electron chi connectivity index (χ2n) is 3.12.